The van der Waals surface area contributed by atoms with E-state index in [2.05, 4.69) is 48.3 Å². The van der Waals surface area contributed by atoms with Crippen molar-refractivity contribution in [2.75, 3.05) is 31.2 Å². The molecule has 2 heterocycles. The predicted octanol–water partition coefficient (Wildman–Crippen LogP) is 1.92. The highest BCUT2D eigenvalue weighted by Gasteiger charge is 2.23. The van der Waals surface area contributed by atoms with Crippen LogP contribution in [-0.2, 0) is 9.47 Å². The molecular weight excluding hydrogens is 240 g/mol. The third-order valence-electron chi connectivity index (χ3n) is 3.69. The zero-order chi connectivity index (χ0) is 13.2. The molecule has 1 aromatic rings. The van der Waals surface area contributed by atoms with Gasteiger partial charge in [0.2, 0.25) is 0 Å². The summed E-state index contributed by atoms with van der Waals surface area (Å²) >= 11 is 0. The van der Waals surface area contributed by atoms with Crippen molar-refractivity contribution in [2.45, 2.75) is 32.2 Å². The van der Waals surface area contributed by atoms with Crippen LogP contribution in [0.1, 0.15) is 25.7 Å². The molecule has 0 aromatic heterocycles. The van der Waals surface area contributed by atoms with Gasteiger partial charge in [-0.15, -0.1) is 0 Å². The van der Waals surface area contributed by atoms with E-state index in [1.807, 2.05) is 0 Å². The van der Waals surface area contributed by atoms with Crippen LogP contribution in [0, 0.1) is 0 Å². The van der Waals surface area contributed by atoms with Gasteiger partial charge < -0.3 is 19.7 Å². The number of anilines is 1. The first kappa shape index (κ1) is 12.9. The summed E-state index contributed by atoms with van der Waals surface area (Å²) in [4.78, 5) is 2.43. The summed E-state index contributed by atoms with van der Waals surface area (Å²) in [5, 5.41) is 3.56. The second-order valence-electron chi connectivity index (χ2n) is 5.54. The molecule has 4 nitrogen and oxygen atoms in total. The normalized spacial score (nSPS) is 28.8. The van der Waals surface area contributed by atoms with Gasteiger partial charge in [0.25, 0.3) is 0 Å². The molecule has 4 heteroatoms. The van der Waals surface area contributed by atoms with Gasteiger partial charge in [0.05, 0.1) is 13.2 Å². The Kier molecular flexibility index (Phi) is 3.73. The summed E-state index contributed by atoms with van der Waals surface area (Å²) in [6, 6.07) is 9.57. The number of nitrogens with zero attached hydrogens (tertiary/aromatic N) is 1. The Bertz CT molecular complexity index is 422. The third kappa shape index (κ3) is 2.91. The van der Waals surface area contributed by atoms with E-state index in [0.717, 1.165) is 18.7 Å². The van der Waals surface area contributed by atoms with Crippen molar-refractivity contribution in [1.82, 2.24) is 5.32 Å². The zero-order valence-electron chi connectivity index (χ0n) is 11.6. The van der Waals surface area contributed by atoms with Crippen LogP contribution in [0.5, 0.6) is 0 Å². The fourth-order valence-corrected chi connectivity index (χ4v) is 2.96. The fraction of sp³-hybridized carbons (Fsp3) is 0.600. The molecule has 3 rings (SSSR count). The Labute approximate surface area is 114 Å². The highest BCUT2D eigenvalue weighted by Crippen LogP contribution is 2.27. The largest absolute Gasteiger partial charge is 0.368 e. The number of ether oxygens (including phenoxy) is 2. The van der Waals surface area contributed by atoms with Crippen LogP contribution in [0.15, 0.2) is 24.3 Å². The highest BCUT2D eigenvalue weighted by molar-refractivity contribution is 5.49. The molecule has 1 aromatic carbocycles. The molecule has 0 bridgehead atoms. The molecule has 2 aliphatic rings. The maximum Gasteiger partial charge on any atom is 0.184 e. The number of rotatable bonds is 2. The molecule has 0 unspecified atom stereocenters. The number of hydrogen-bond acceptors (Lipinski definition) is 4. The number of nitrogens with one attached hydrogen (secondary N) is 1. The maximum atomic E-state index is 5.57. The van der Waals surface area contributed by atoms with E-state index in [1.54, 1.807) is 0 Å². The van der Waals surface area contributed by atoms with E-state index >= 15 is 0 Å². The quantitative estimate of drug-likeness (QED) is 0.883. The molecule has 0 saturated carbocycles. The lowest BCUT2D eigenvalue weighted by molar-refractivity contribution is -0.0440. The van der Waals surface area contributed by atoms with Crippen molar-refractivity contribution in [1.29, 1.82) is 0 Å². The van der Waals surface area contributed by atoms with Crippen LogP contribution in [0.3, 0.4) is 0 Å². The Morgan fingerprint density at radius 2 is 1.79 bits per heavy atom. The van der Waals surface area contributed by atoms with E-state index in [1.165, 1.54) is 5.69 Å². The Balaban J connectivity index is 1.78. The van der Waals surface area contributed by atoms with E-state index in [-0.39, 0.29) is 6.29 Å². The summed E-state index contributed by atoms with van der Waals surface area (Å²) in [6.07, 6.45) is -0.183. The molecule has 2 aliphatic heterocycles. The number of benzene rings is 1. The van der Waals surface area contributed by atoms with Gasteiger partial charge in [-0.1, -0.05) is 12.1 Å². The zero-order valence-corrected chi connectivity index (χ0v) is 11.6. The van der Waals surface area contributed by atoms with Gasteiger partial charge in [-0.05, 0) is 26.0 Å². The van der Waals surface area contributed by atoms with Gasteiger partial charge in [-0.25, -0.2) is 0 Å². The van der Waals surface area contributed by atoms with Crippen LogP contribution in [0.25, 0.3) is 0 Å². The van der Waals surface area contributed by atoms with Crippen LogP contribution in [-0.4, -0.2) is 38.4 Å². The van der Waals surface area contributed by atoms with Gasteiger partial charge >= 0.3 is 0 Å². The van der Waals surface area contributed by atoms with E-state index < -0.39 is 0 Å². The van der Waals surface area contributed by atoms with Gasteiger partial charge in [-0.3, -0.25) is 0 Å². The minimum absolute atomic E-state index is 0.183. The van der Waals surface area contributed by atoms with Gasteiger partial charge in [0.1, 0.15) is 0 Å². The van der Waals surface area contributed by atoms with Crippen molar-refractivity contribution < 1.29 is 9.47 Å². The molecule has 2 atom stereocenters. The second-order valence-corrected chi connectivity index (χ2v) is 5.54. The summed E-state index contributed by atoms with van der Waals surface area (Å²) in [7, 11) is 0. The minimum atomic E-state index is -0.183. The first-order valence-corrected chi connectivity index (χ1v) is 7.06. The average Bonchev–Trinajstić information content (AvgIpc) is 2.92. The van der Waals surface area contributed by atoms with Crippen molar-refractivity contribution in [3.63, 3.8) is 0 Å². The predicted molar refractivity (Wildman–Crippen MR) is 75.4 cm³/mol. The Hall–Kier alpha value is -1.10. The Morgan fingerprint density at radius 3 is 2.47 bits per heavy atom. The molecule has 0 spiro atoms. The molecule has 0 aliphatic carbocycles. The van der Waals surface area contributed by atoms with Gasteiger partial charge in [0.15, 0.2) is 6.29 Å². The van der Waals surface area contributed by atoms with Crippen molar-refractivity contribution >= 4 is 5.69 Å². The maximum absolute atomic E-state index is 5.57. The smallest absolute Gasteiger partial charge is 0.184 e. The second kappa shape index (κ2) is 5.49. The van der Waals surface area contributed by atoms with Crippen molar-refractivity contribution in [3.8, 4) is 0 Å². The molecule has 104 valence electrons. The van der Waals surface area contributed by atoms with Crippen molar-refractivity contribution in [3.05, 3.63) is 29.8 Å². The van der Waals surface area contributed by atoms with Crippen LogP contribution >= 0.6 is 0 Å². The van der Waals surface area contributed by atoms with E-state index in [0.29, 0.717) is 25.3 Å². The number of piperazine rings is 1. The van der Waals surface area contributed by atoms with Gasteiger partial charge in [0, 0.05) is 36.4 Å². The van der Waals surface area contributed by atoms with Crippen LogP contribution < -0.4 is 10.2 Å². The summed E-state index contributed by atoms with van der Waals surface area (Å²) in [5.41, 5.74) is 2.38. The van der Waals surface area contributed by atoms with Crippen molar-refractivity contribution in [2.24, 2.45) is 0 Å². The standard InChI is InChI=1S/C15H22N2O2/c1-11-9-17(10-12(2)16-11)14-5-3-4-13(8-14)15-18-6-7-19-15/h3-5,8,11-12,15-16H,6-7,9-10H2,1-2H3/t11-,12+. The molecule has 1 N–H and O–H groups in total. The van der Waals surface area contributed by atoms with Crippen LogP contribution in [0.4, 0.5) is 5.69 Å². The number of hydrogen-bond donors (Lipinski definition) is 1. The third-order valence-corrected chi connectivity index (χ3v) is 3.69. The van der Waals surface area contributed by atoms with Crippen LogP contribution in [0.2, 0.25) is 0 Å². The molecule has 2 fully saturated rings. The minimum Gasteiger partial charge on any atom is -0.368 e. The lowest BCUT2D eigenvalue weighted by Gasteiger charge is -2.37. The monoisotopic (exact) mass is 262 g/mol. The van der Waals surface area contributed by atoms with Gasteiger partial charge in [-0.2, -0.15) is 0 Å². The molecule has 2 saturated heterocycles. The first-order valence-electron chi connectivity index (χ1n) is 7.06. The van der Waals surface area contributed by atoms with E-state index in [9.17, 15) is 0 Å². The lowest BCUT2D eigenvalue weighted by Crippen LogP contribution is -2.54. The topological polar surface area (TPSA) is 33.7 Å². The molecule has 0 amide bonds. The summed E-state index contributed by atoms with van der Waals surface area (Å²) in [5.74, 6) is 0. The van der Waals surface area contributed by atoms with E-state index in [4.69, 9.17) is 9.47 Å². The Morgan fingerprint density at radius 1 is 1.11 bits per heavy atom. The summed E-state index contributed by atoms with van der Waals surface area (Å²) < 4.78 is 11.1. The lowest BCUT2D eigenvalue weighted by atomic mass is 10.1. The average molecular weight is 262 g/mol. The highest BCUT2D eigenvalue weighted by atomic mass is 16.7. The molecule has 19 heavy (non-hydrogen) atoms. The first-order chi connectivity index (χ1) is 9.22. The molecule has 0 radical (unpaired) electrons. The SMILES string of the molecule is C[C@@H]1CN(c2cccc(C3OCCO3)c2)C[C@H](C)N1. The fourth-order valence-electron chi connectivity index (χ4n) is 2.96. The summed E-state index contributed by atoms with van der Waals surface area (Å²) in [6.45, 7) is 7.93. The molecular formula is C15H22N2O2.